The molecule has 1 saturated carbocycles. The van der Waals surface area contributed by atoms with Gasteiger partial charge >= 0.3 is 0 Å². The van der Waals surface area contributed by atoms with Crippen molar-refractivity contribution in [3.63, 3.8) is 0 Å². The molecule has 2 N–H and O–H groups in total. The zero-order valence-electron chi connectivity index (χ0n) is 23.0. The van der Waals surface area contributed by atoms with E-state index in [1.165, 1.54) is 12.3 Å². The number of ether oxygens (including phenoxy) is 1. The number of aryl methyl sites for hydroxylation is 1. The molecule has 0 saturated heterocycles. The highest BCUT2D eigenvalue weighted by atomic mass is 16.5. The number of nitrogens with one attached hydrogen (secondary N) is 2. The van der Waals surface area contributed by atoms with Gasteiger partial charge in [-0.15, -0.1) is 0 Å². The van der Waals surface area contributed by atoms with Gasteiger partial charge in [0.15, 0.2) is 11.6 Å². The lowest BCUT2D eigenvalue weighted by molar-refractivity contribution is -0.117. The molecule has 1 aliphatic heterocycles. The summed E-state index contributed by atoms with van der Waals surface area (Å²) in [5, 5.41) is 10.6. The van der Waals surface area contributed by atoms with Crippen LogP contribution in [-0.2, 0) is 11.8 Å². The van der Waals surface area contributed by atoms with Gasteiger partial charge in [0.1, 0.15) is 11.6 Å². The van der Waals surface area contributed by atoms with Crippen molar-refractivity contribution in [2.75, 3.05) is 29.7 Å². The normalized spacial score (nSPS) is 18.0. The standard InChI is InChI=1S/C25H29N7O3/c1-6-18(33)15-10-26-20(29-25(34)14-7-8-14)9-17(15)28-24-23-21(19(35-5)11-27-24)16-12-31(3)30-22(16)13(2)32(23)4/h9-14H,6-8H2,1-5H3,(H2,26,27,28,29,34)/t13-/m1/s1/i1D3. The number of rotatable bonds is 7. The Bertz CT molecular complexity index is 1430. The summed E-state index contributed by atoms with van der Waals surface area (Å²) in [7, 11) is 5.35. The van der Waals surface area contributed by atoms with E-state index in [2.05, 4.69) is 25.7 Å². The summed E-state index contributed by atoms with van der Waals surface area (Å²) in [6.07, 6.45) is 5.81. The number of hydrogen-bond acceptors (Lipinski definition) is 8. The summed E-state index contributed by atoms with van der Waals surface area (Å²) in [5.74, 6) is 0.474. The van der Waals surface area contributed by atoms with Crippen LogP contribution in [0.1, 0.15) is 59.2 Å². The average Bonchev–Trinajstić information content (AvgIpc) is 3.62. The molecule has 35 heavy (non-hydrogen) atoms. The van der Waals surface area contributed by atoms with Gasteiger partial charge < -0.3 is 20.3 Å². The fraction of sp³-hybridized carbons (Fsp3) is 0.400. The lowest BCUT2D eigenvalue weighted by atomic mass is 9.95. The molecular weight excluding hydrogens is 446 g/mol. The molecule has 0 bridgehead atoms. The number of methoxy groups -OCH3 is 1. The summed E-state index contributed by atoms with van der Waals surface area (Å²) in [6, 6.07) is 1.45. The van der Waals surface area contributed by atoms with Gasteiger partial charge in [0.25, 0.3) is 0 Å². The van der Waals surface area contributed by atoms with Crippen LogP contribution in [0.25, 0.3) is 11.1 Å². The molecule has 1 amide bonds. The Morgan fingerprint density at radius 3 is 2.77 bits per heavy atom. The molecule has 0 aromatic carbocycles. The van der Waals surface area contributed by atoms with Crippen molar-refractivity contribution in [2.24, 2.45) is 13.0 Å². The van der Waals surface area contributed by atoms with Crippen molar-refractivity contribution in [3.8, 4) is 16.9 Å². The SMILES string of the molecule is [2H]C([2H])([2H])CC(=O)c1cnc(NC(=O)C2CC2)cc1Nc1ncc(OC)c2c1N(C)[C@H](C)c1nn(C)cc1-2. The molecule has 0 radical (unpaired) electrons. The minimum atomic E-state index is -2.45. The zero-order valence-corrected chi connectivity index (χ0v) is 20.0. The summed E-state index contributed by atoms with van der Waals surface area (Å²) < 4.78 is 30.1. The van der Waals surface area contributed by atoms with Crippen molar-refractivity contribution in [2.45, 2.75) is 39.1 Å². The fourth-order valence-electron chi connectivity index (χ4n) is 4.36. The topological polar surface area (TPSA) is 114 Å². The molecule has 1 aliphatic carbocycles. The van der Waals surface area contributed by atoms with Crippen molar-refractivity contribution >= 4 is 34.7 Å². The van der Waals surface area contributed by atoms with E-state index in [0.717, 1.165) is 35.3 Å². The molecule has 2 aliphatic rings. The Hall–Kier alpha value is -3.95. The number of carbonyl (C=O) groups excluding carboxylic acids is 2. The number of aromatic nitrogens is 4. The Morgan fingerprint density at radius 1 is 1.26 bits per heavy atom. The van der Waals surface area contributed by atoms with E-state index in [9.17, 15) is 9.59 Å². The third-order valence-electron chi connectivity index (χ3n) is 6.51. The number of pyridine rings is 2. The lowest BCUT2D eigenvalue weighted by Crippen LogP contribution is -2.27. The Labute approximate surface area is 207 Å². The van der Waals surface area contributed by atoms with Crippen LogP contribution in [-0.4, -0.2) is 45.6 Å². The Kier molecular flexibility index (Phi) is 4.80. The maximum absolute atomic E-state index is 13.0. The lowest BCUT2D eigenvalue weighted by Gasteiger charge is -2.34. The van der Waals surface area contributed by atoms with E-state index in [1.54, 1.807) is 18.0 Å². The quantitative estimate of drug-likeness (QED) is 0.488. The smallest absolute Gasteiger partial charge is 0.228 e. The molecule has 10 heteroatoms. The van der Waals surface area contributed by atoms with E-state index >= 15 is 0 Å². The number of amides is 1. The van der Waals surface area contributed by atoms with Crippen LogP contribution >= 0.6 is 0 Å². The highest BCUT2D eigenvalue weighted by molar-refractivity contribution is 6.03. The monoisotopic (exact) mass is 478 g/mol. The number of ketones is 1. The first-order valence-corrected chi connectivity index (χ1v) is 11.4. The molecule has 0 spiro atoms. The van der Waals surface area contributed by atoms with Gasteiger partial charge in [-0.3, -0.25) is 14.3 Å². The van der Waals surface area contributed by atoms with E-state index in [0.29, 0.717) is 17.3 Å². The third-order valence-corrected chi connectivity index (χ3v) is 6.51. The van der Waals surface area contributed by atoms with Crippen molar-refractivity contribution < 1.29 is 18.4 Å². The second-order valence-electron chi connectivity index (χ2n) is 8.89. The average molecular weight is 479 g/mol. The molecule has 10 nitrogen and oxygen atoms in total. The fourth-order valence-corrected chi connectivity index (χ4v) is 4.36. The molecule has 1 atom stereocenters. The third kappa shape index (κ3) is 3.98. The second-order valence-corrected chi connectivity index (χ2v) is 8.89. The summed E-state index contributed by atoms with van der Waals surface area (Å²) in [6.45, 7) is -0.418. The zero-order chi connectivity index (χ0) is 27.4. The number of Topliss-reactive ketones (excluding diaryl/α,β-unsaturated/α-hetero) is 1. The van der Waals surface area contributed by atoms with Gasteiger partial charge in [0.05, 0.1) is 47.5 Å². The maximum atomic E-state index is 13.0. The molecule has 3 aromatic rings. The molecule has 4 heterocycles. The van der Waals surface area contributed by atoms with Gasteiger partial charge in [-0.25, -0.2) is 9.97 Å². The van der Waals surface area contributed by atoms with Gasteiger partial charge in [-0.1, -0.05) is 6.85 Å². The van der Waals surface area contributed by atoms with E-state index in [-0.39, 0.29) is 29.2 Å². The van der Waals surface area contributed by atoms with Gasteiger partial charge in [0.2, 0.25) is 5.91 Å². The molecule has 182 valence electrons. The first-order valence-electron chi connectivity index (χ1n) is 12.9. The number of fused-ring (bicyclic) bond motifs is 3. The number of nitrogens with zero attached hydrogens (tertiary/aromatic N) is 5. The predicted octanol–water partition coefficient (Wildman–Crippen LogP) is 4.08. The number of hydrogen-bond donors (Lipinski definition) is 2. The van der Waals surface area contributed by atoms with Gasteiger partial charge in [0, 0.05) is 54.6 Å². The van der Waals surface area contributed by atoms with Crippen LogP contribution in [0, 0.1) is 5.92 Å². The van der Waals surface area contributed by atoms with Crippen LogP contribution in [0.2, 0.25) is 0 Å². The van der Waals surface area contributed by atoms with Crippen LogP contribution < -0.4 is 20.3 Å². The van der Waals surface area contributed by atoms with Crippen LogP contribution in [0.4, 0.5) is 23.0 Å². The van der Waals surface area contributed by atoms with Crippen molar-refractivity contribution in [1.82, 2.24) is 19.7 Å². The van der Waals surface area contributed by atoms with E-state index < -0.39 is 19.1 Å². The highest BCUT2D eigenvalue weighted by Gasteiger charge is 2.34. The maximum Gasteiger partial charge on any atom is 0.228 e. The van der Waals surface area contributed by atoms with Gasteiger partial charge in [-0.05, 0) is 19.8 Å². The van der Waals surface area contributed by atoms with Crippen molar-refractivity contribution in [3.05, 3.63) is 35.9 Å². The Balaban J connectivity index is 1.61. The molecule has 3 aromatic heterocycles. The largest absolute Gasteiger partial charge is 0.494 e. The first-order chi connectivity index (χ1) is 18.0. The highest BCUT2D eigenvalue weighted by Crippen LogP contribution is 2.50. The molecule has 1 fully saturated rings. The predicted molar refractivity (Wildman–Crippen MR) is 133 cm³/mol. The minimum absolute atomic E-state index is 0.0378. The summed E-state index contributed by atoms with van der Waals surface area (Å²) >= 11 is 0. The van der Waals surface area contributed by atoms with Crippen LogP contribution in [0.3, 0.4) is 0 Å². The second kappa shape index (κ2) is 8.68. The van der Waals surface area contributed by atoms with E-state index in [4.69, 9.17) is 8.85 Å². The molecule has 0 unspecified atom stereocenters. The summed E-state index contributed by atoms with van der Waals surface area (Å²) in [5.41, 5.74) is 3.69. The first kappa shape index (κ1) is 19.4. The molecular formula is C25H29N7O3. The molecule has 5 rings (SSSR count). The van der Waals surface area contributed by atoms with Gasteiger partial charge in [-0.2, -0.15) is 5.10 Å². The van der Waals surface area contributed by atoms with E-state index in [1.807, 2.05) is 32.1 Å². The van der Waals surface area contributed by atoms with Crippen molar-refractivity contribution in [1.29, 1.82) is 0 Å². The summed E-state index contributed by atoms with van der Waals surface area (Å²) in [4.78, 5) is 36.2. The minimum Gasteiger partial charge on any atom is -0.494 e. The van der Waals surface area contributed by atoms with Crippen LogP contribution in [0.5, 0.6) is 5.75 Å². The van der Waals surface area contributed by atoms with Crippen LogP contribution in [0.15, 0.2) is 24.7 Å². The number of anilines is 4. The Morgan fingerprint density at radius 2 is 2.06 bits per heavy atom. The number of carbonyl (C=O) groups is 2.